The van der Waals surface area contributed by atoms with Gasteiger partial charge in [0.15, 0.2) is 0 Å². The molecule has 1 unspecified atom stereocenters. The van der Waals surface area contributed by atoms with Gasteiger partial charge in [-0.05, 0) is 12.5 Å². The van der Waals surface area contributed by atoms with Crippen molar-refractivity contribution >= 4 is 15.9 Å². The first-order valence-electron chi connectivity index (χ1n) is 3.86. The van der Waals surface area contributed by atoms with Crippen LogP contribution in [0.1, 0.15) is 13.3 Å². The summed E-state index contributed by atoms with van der Waals surface area (Å²) in [5, 5.41) is 0. The van der Waals surface area contributed by atoms with Crippen molar-refractivity contribution < 1.29 is 4.74 Å². The van der Waals surface area contributed by atoms with E-state index in [1.165, 1.54) is 0 Å². The zero-order valence-electron chi connectivity index (χ0n) is 6.88. The summed E-state index contributed by atoms with van der Waals surface area (Å²) in [4.78, 5) is 0. The molecule has 1 nitrogen and oxygen atoms in total. The summed E-state index contributed by atoms with van der Waals surface area (Å²) in [6.45, 7) is 2.17. The molecule has 1 rings (SSSR count). The van der Waals surface area contributed by atoms with Crippen LogP contribution in [0.2, 0.25) is 0 Å². The van der Waals surface area contributed by atoms with Crippen molar-refractivity contribution in [3.05, 3.63) is 22.7 Å². The molecule has 2 heteroatoms. The Kier molecular flexibility index (Phi) is 3.34. The van der Waals surface area contributed by atoms with Gasteiger partial charge in [0.1, 0.15) is 0 Å². The highest BCUT2D eigenvalue weighted by atomic mass is 79.9. The molecule has 11 heavy (non-hydrogen) atoms. The third-order valence-electron chi connectivity index (χ3n) is 1.99. The van der Waals surface area contributed by atoms with Gasteiger partial charge in [-0.15, -0.1) is 0 Å². The predicted octanol–water partition coefficient (Wildman–Crippen LogP) is 2.88. The average Bonchev–Trinajstić information content (AvgIpc) is 2.04. The fourth-order valence-corrected chi connectivity index (χ4v) is 1.69. The van der Waals surface area contributed by atoms with E-state index in [9.17, 15) is 0 Å². The fraction of sp³-hybridized carbons (Fsp3) is 0.556. The van der Waals surface area contributed by atoms with E-state index in [0.717, 1.165) is 10.9 Å². The van der Waals surface area contributed by atoms with Crippen LogP contribution in [0.25, 0.3) is 0 Å². The maximum Gasteiger partial charge on any atom is 0.0828 e. The van der Waals surface area contributed by atoms with E-state index in [2.05, 4.69) is 41.1 Å². The van der Waals surface area contributed by atoms with Gasteiger partial charge in [-0.1, -0.05) is 35.0 Å². The van der Waals surface area contributed by atoms with Gasteiger partial charge in [-0.2, -0.15) is 0 Å². The Morgan fingerprint density at radius 2 is 2.36 bits per heavy atom. The number of ether oxygens (including phenoxy) is 1. The van der Waals surface area contributed by atoms with Gasteiger partial charge in [0.2, 0.25) is 0 Å². The maximum atomic E-state index is 5.31. The minimum atomic E-state index is 0.249. The number of allylic oxidation sites excluding steroid dienone is 2. The molecule has 1 aliphatic rings. The molecule has 0 bridgehead atoms. The largest absolute Gasteiger partial charge is 0.377 e. The van der Waals surface area contributed by atoms with Crippen LogP contribution in [0.5, 0.6) is 0 Å². The zero-order chi connectivity index (χ0) is 8.27. The molecule has 0 fully saturated rings. The molecular weight excluding hydrogens is 204 g/mol. The summed E-state index contributed by atoms with van der Waals surface area (Å²) in [6.07, 6.45) is 7.77. The molecule has 0 aromatic carbocycles. The highest BCUT2D eigenvalue weighted by Gasteiger charge is 2.17. The summed E-state index contributed by atoms with van der Waals surface area (Å²) in [6, 6.07) is 0. The third-order valence-corrected chi connectivity index (χ3v) is 2.52. The highest BCUT2D eigenvalue weighted by molar-refractivity contribution is 9.11. The Hall–Kier alpha value is -0.0800. The van der Waals surface area contributed by atoms with Crippen LogP contribution in [0.3, 0.4) is 0 Å². The van der Waals surface area contributed by atoms with Crippen molar-refractivity contribution in [2.75, 3.05) is 7.11 Å². The van der Waals surface area contributed by atoms with Gasteiger partial charge in [0.05, 0.1) is 6.10 Å². The van der Waals surface area contributed by atoms with Crippen molar-refractivity contribution in [1.29, 1.82) is 0 Å². The van der Waals surface area contributed by atoms with Gasteiger partial charge in [0, 0.05) is 17.5 Å². The summed E-state index contributed by atoms with van der Waals surface area (Å²) < 4.78 is 6.43. The second-order valence-corrected chi connectivity index (χ2v) is 3.60. The monoisotopic (exact) mass is 216 g/mol. The predicted molar refractivity (Wildman–Crippen MR) is 50.7 cm³/mol. The molecule has 2 atom stereocenters. The first-order valence-corrected chi connectivity index (χ1v) is 4.65. The standard InChI is InChI=1S/C9H13BrO/c1-3-7-4-5-8(10)6-9(7)11-2/h4-7,9H,3H2,1-2H3/t7?,9-/m1/s1. The normalized spacial score (nSPS) is 30.3. The molecule has 0 aromatic heterocycles. The lowest BCUT2D eigenvalue weighted by atomic mass is 9.95. The summed E-state index contributed by atoms with van der Waals surface area (Å²) in [7, 11) is 1.75. The molecule has 0 aliphatic heterocycles. The van der Waals surface area contributed by atoms with Crippen molar-refractivity contribution in [1.82, 2.24) is 0 Å². The van der Waals surface area contributed by atoms with Gasteiger partial charge in [-0.3, -0.25) is 0 Å². The number of halogens is 1. The van der Waals surface area contributed by atoms with Gasteiger partial charge >= 0.3 is 0 Å². The molecule has 0 aromatic rings. The van der Waals surface area contributed by atoms with E-state index in [1.54, 1.807) is 7.11 Å². The molecule has 0 saturated heterocycles. The third kappa shape index (κ3) is 2.17. The van der Waals surface area contributed by atoms with E-state index in [4.69, 9.17) is 4.74 Å². The van der Waals surface area contributed by atoms with E-state index >= 15 is 0 Å². The molecule has 0 saturated carbocycles. The van der Waals surface area contributed by atoms with Gasteiger partial charge in [0.25, 0.3) is 0 Å². The maximum absolute atomic E-state index is 5.31. The molecule has 0 heterocycles. The summed E-state index contributed by atoms with van der Waals surface area (Å²) >= 11 is 3.42. The van der Waals surface area contributed by atoms with Crippen molar-refractivity contribution in [3.8, 4) is 0 Å². The van der Waals surface area contributed by atoms with E-state index in [1.807, 2.05) is 0 Å². The Labute approximate surface area is 76.3 Å². The summed E-state index contributed by atoms with van der Waals surface area (Å²) in [5.74, 6) is 0.543. The second kappa shape index (κ2) is 4.07. The topological polar surface area (TPSA) is 9.23 Å². The summed E-state index contributed by atoms with van der Waals surface area (Å²) in [5.41, 5.74) is 0. The Balaban J connectivity index is 2.66. The number of hydrogen-bond donors (Lipinski definition) is 0. The molecule has 0 amide bonds. The van der Waals surface area contributed by atoms with Crippen LogP contribution in [0.4, 0.5) is 0 Å². The lowest BCUT2D eigenvalue weighted by Gasteiger charge is -2.22. The van der Waals surface area contributed by atoms with E-state index in [0.29, 0.717) is 5.92 Å². The smallest absolute Gasteiger partial charge is 0.0828 e. The van der Waals surface area contributed by atoms with Crippen LogP contribution < -0.4 is 0 Å². The molecule has 0 spiro atoms. The molecular formula is C9H13BrO. The first kappa shape index (κ1) is 9.01. The lowest BCUT2D eigenvalue weighted by molar-refractivity contribution is 0.104. The molecule has 0 radical (unpaired) electrons. The highest BCUT2D eigenvalue weighted by Crippen LogP contribution is 2.24. The van der Waals surface area contributed by atoms with Crippen LogP contribution in [0, 0.1) is 5.92 Å². The SMILES string of the molecule is CCC1C=CC(Br)=C[C@H]1OC. The Bertz CT molecular complexity index is 184. The van der Waals surface area contributed by atoms with Crippen LogP contribution in [0.15, 0.2) is 22.7 Å². The van der Waals surface area contributed by atoms with E-state index in [-0.39, 0.29) is 6.10 Å². The minimum absolute atomic E-state index is 0.249. The van der Waals surface area contributed by atoms with Crippen molar-refractivity contribution in [3.63, 3.8) is 0 Å². The quantitative estimate of drug-likeness (QED) is 0.691. The van der Waals surface area contributed by atoms with Crippen LogP contribution in [-0.4, -0.2) is 13.2 Å². The van der Waals surface area contributed by atoms with E-state index < -0.39 is 0 Å². The van der Waals surface area contributed by atoms with Crippen molar-refractivity contribution in [2.24, 2.45) is 5.92 Å². The second-order valence-electron chi connectivity index (χ2n) is 2.68. The number of hydrogen-bond acceptors (Lipinski definition) is 1. The van der Waals surface area contributed by atoms with Crippen LogP contribution >= 0.6 is 15.9 Å². The Morgan fingerprint density at radius 1 is 1.64 bits per heavy atom. The van der Waals surface area contributed by atoms with Gasteiger partial charge in [-0.25, -0.2) is 0 Å². The zero-order valence-corrected chi connectivity index (χ0v) is 8.47. The molecule has 1 aliphatic carbocycles. The fourth-order valence-electron chi connectivity index (χ4n) is 1.27. The average molecular weight is 217 g/mol. The lowest BCUT2D eigenvalue weighted by Crippen LogP contribution is -2.20. The first-order chi connectivity index (χ1) is 5.27. The number of rotatable bonds is 2. The van der Waals surface area contributed by atoms with Gasteiger partial charge < -0.3 is 4.74 Å². The molecule has 0 N–H and O–H groups in total. The van der Waals surface area contributed by atoms with Crippen LogP contribution in [-0.2, 0) is 4.74 Å². The number of methoxy groups -OCH3 is 1. The van der Waals surface area contributed by atoms with Crippen molar-refractivity contribution in [2.45, 2.75) is 19.4 Å². The minimum Gasteiger partial charge on any atom is -0.377 e. The Morgan fingerprint density at radius 3 is 2.91 bits per heavy atom. The molecule has 62 valence electrons.